The number of halogens is 1. The van der Waals surface area contributed by atoms with Gasteiger partial charge in [0.15, 0.2) is 0 Å². The van der Waals surface area contributed by atoms with Crippen molar-refractivity contribution in [1.29, 1.82) is 0 Å². The molecule has 0 bridgehead atoms. The number of amides is 1. The Bertz CT molecular complexity index is 843. The highest BCUT2D eigenvalue weighted by Gasteiger charge is 2.44. The molecule has 2 atom stereocenters. The Hall–Kier alpha value is -1.91. The summed E-state index contributed by atoms with van der Waals surface area (Å²) < 4.78 is 1.15. The molecule has 3 aromatic rings. The first-order valence-electron chi connectivity index (χ1n) is 7.59. The van der Waals surface area contributed by atoms with E-state index < -0.39 is 0 Å². The summed E-state index contributed by atoms with van der Waals surface area (Å²) in [4.78, 5) is 16.8. The van der Waals surface area contributed by atoms with Gasteiger partial charge in [-0.2, -0.15) is 0 Å². The first kappa shape index (κ1) is 14.7. The van der Waals surface area contributed by atoms with Crippen molar-refractivity contribution in [2.24, 2.45) is 5.92 Å². The second kappa shape index (κ2) is 5.95. The Balaban J connectivity index is 1.39. The predicted octanol–water partition coefficient (Wildman–Crippen LogP) is 4.37. The Morgan fingerprint density at radius 1 is 1.22 bits per heavy atom. The summed E-state index contributed by atoms with van der Waals surface area (Å²) >= 11 is 7.83. The monoisotopic (exact) mass is 342 g/mol. The van der Waals surface area contributed by atoms with Crippen LogP contribution in [0.3, 0.4) is 0 Å². The standard InChI is InChI=1S/C18H15ClN2OS/c19-14-6-2-1-5-11(14)12-9-13(12)18(22)20-10-17-21-15-7-3-4-8-16(15)23-17/h1-8,12-13H,9-10H2,(H,20,22). The normalized spacial score (nSPS) is 19.7. The molecular weight excluding hydrogens is 328 g/mol. The molecule has 0 radical (unpaired) electrons. The van der Waals surface area contributed by atoms with Crippen LogP contribution in [0.2, 0.25) is 5.02 Å². The van der Waals surface area contributed by atoms with Gasteiger partial charge in [0.2, 0.25) is 5.91 Å². The molecule has 116 valence electrons. The molecule has 0 spiro atoms. The smallest absolute Gasteiger partial charge is 0.224 e. The van der Waals surface area contributed by atoms with Crippen LogP contribution in [0, 0.1) is 5.92 Å². The average molecular weight is 343 g/mol. The topological polar surface area (TPSA) is 42.0 Å². The zero-order valence-corrected chi connectivity index (χ0v) is 13.9. The maximum atomic E-state index is 12.3. The summed E-state index contributed by atoms with van der Waals surface area (Å²) in [6.07, 6.45) is 0.870. The number of nitrogens with zero attached hydrogens (tertiary/aromatic N) is 1. The van der Waals surface area contributed by atoms with Crippen LogP contribution >= 0.6 is 22.9 Å². The number of fused-ring (bicyclic) bond motifs is 1. The molecule has 1 heterocycles. The number of benzene rings is 2. The van der Waals surface area contributed by atoms with Gasteiger partial charge in [-0.15, -0.1) is 11.3 Å². The summed E-state index contributed by atoms with van der Waals surface area (Å²) in [7, 11) is 0. The zero-order valence-electron chi connectivity index (χ0n) is 12.3. The van der Waals surface area contributed by atoms with E-state index in [1.54, 1.807) is 11.3 Å². The fourth-order valence-electron chi connectivity index (χ4n) is 2.89. The lowest BCUT2D eigenvalue weighted by Gasteiger charge is -2.04. The lowest BCUT2D eigenvalue weighted by molar-refractivity contribution is -0.122. The van der Waals surface area contributed by atoms with Crippen LogP contribution in [0.25, 0.3) is 10.2 Å². The van der Waals surface area contributed by atoms with Crippen molar-refractivity contribution in [3.8, 4) is 0 Å². The number of thiazole rings is 1. The third kappa shape index (κ3) is 2.96. The van der Waals surface area contributed by atoms with Gasteiger partial charge in [0.1, 0.15) is 5.01 Å². The van der Waals surface area contributed by atoms with Crippen LogP contribution in [0.4, 0.5) is 0 Å². The molecule has 1 fully saturated rings. The fraction of sp³-hybridized carbons (Fsp3) is 0.222. The predicted molar refractivity (Wildman–Crippen MR) is 93.8 cm³/mol. The van der Waals surface area contributed by atoms with Crippen LogP contribution in [-0.4, -0.2) is 10.9 Å². The quantitative estimate of drug-likeness (QED) is 0.765. The number of nitrogens with one attached hydrogen (secondary N) is 1. The first-order chi connectivity index (χ1) is 11.2. The third-order valence-electron chi connectivity index (χ3n) is 4.18. The summed E-state index contributed by atoms with van der Waals surface area (Å²) in [5.41, 5.74) is 2.07. The Morgan fingerprint density at radius 2 is 2.00 bits per heavy atom. The van der Waals surface area contributed by atoms with Crippen molar-refractivity contribution in [2.45, 2.75) is 18.9 Å². The lowest BCUT2D eigenvalue weighted by atomic mass is 10.1. The van der Waals surface area contributed by atoms with E-state index in [4.69, 9.17) is 11.6 Å². The minimum atomic E-state index is 0.0317. The number of hydrogen-bond acceptors (Lipinski definition) is 3. The van der Waals surface area contributed by atoms with Crippen molar-refractivity contribution < 1.29 is 4.79 Å². The van der Waals surface area contributed by atoms with Crippen LogP contribution < -0.4 is 5.32 Å². The zero-order chi connectivity index (χ0) is 15.8. The molecule has 1 aromatic heterocycles. The van der Waals surface area contributed by atoms with Gasteiger partial charge < -0.3 is 5.32 Å². The molecular formula is C18H15ClN2OS. The summed E-state index contributed by atoms with van der Waals surface area (Å²) in [5, 5.41) is 4.70. The van der Waals surface area contributed by atoms with Crippen LogP contribution in [-0.2, 0) is 11.3 Å². The van der Waals surface area contributed by atoms with Gasteiger partial charge in [-0.3, -0.25) is 4.79 Å². The highest BCUT2D eigenvalue weighted by Crippen LogP contribution is 2.49. The molecule has 2 aromatic carbocycles. The van der Waals surface area contributed by atoms with Gasteiger partial charge in [0, 0.05) is 10.9 Å². The lowest BCUT2D eigenvalue weighted by Crippen LogP contribution is -2.24. The van der Waals surface area contributed by atoms with E-state index in [1.165, 1.54) is 0 Å². The number of carbonyl (C=O) groups excluding carboxylic acids is 1. The van der Waals surface area contributed by atoms with Crippen molar-refractivity contribution in [3.63, 3.8) is 0 Å². The SMILES string of the molecule is O=C(NCc1nc2ccccc2s1)C1CC1c1ccccc1Cl. The van der Waals surface area contributed by atoms with E-state index in [0.717, 1.165) is 32.2 Å². The van der Waals surface area contributed by atoms with E-state index in [9.17, 15) is 4.79 Å². The van der Waals surface area contributed by atoms with Gasteiger partial charge >= 0.3 is 0 Å². The molecule has 2 unspecified atom stereocenters. The van der Waals surface area contributed by atoms with Gasteiger partial charge in [0.05, 0.1) is 16.8 Å². The van der Waals surface area contributed by atoms with Gasteiger partial charge in [-0.25, -0.2) is 4.98 Å². The fourth-order valence-corrected chi connectivity index (χ4v) is 4.08. The van der Waals surface area contributed by atoms with Crippen molar-refractivity contribution >= 4 is 39.1 Å². The first-order valence-corrected chi connectivity index (χ1v) is 8.78. The van der Waals surface area contributed by atoms with Crippen molar-refractivity contribution in [1.82, 2.24) is 10.3 Å². The van der Waals surface area contributed by atoms with E-state index >= 15 is 0 Å². The van der Waals surface area contributed by atoms with Gasteiger partial charge in [0.25, 0.3) is 0 Å². The van der Waals surface area contributed by atoms with E-state index in [-0.39, 0.29) is 17.7 Å². The molecule has 1 aliphatic carbocycles. The Kier molecular flexibility index (Phi) is 3.79. The molecule has 1 aliphatic rings. The van der Waals surface area contributed by atoms with E-state index in [0.29, 0.717) is 6.54 Å². The third-order valence-corrected chi connectivity index (χ3v) is 5.56. The molecule has 3 nitrogen and oxygen atoms in total. The summed E-state index contributed by atoms with van der Waals surface area (Å²) in [6.45, 7) is 0.490. The second-order valence-corrected chi connectivity index (χ2v) is 7.29. The van der Waals surface area contributed by atoms with Crippen LogP contribution in [0.15, 0.2) is 48.5 Å². The number of hydrogen-bond donors (Lipinski definition) is 1. The molecule has 23 heavy (non-hydrogen) atoms. The van der Waals surface area contributed by atoms with Crippen LogP contribution in [0.1, 0.15) is 22.9 Å². The Labute approximate surface area is 143 Å². The van der Waals surface area contributed by atoms with Crippen molar-refractivity contribution in [3.05, 3.63) is 64.1 Å². The molecule has 0 aliphatic heterocycles. The number of carbonyl (C=O) groups is 1. The summed E-state index contributed by atoms with van der Waals surface area (Å²) in [6, 6.07) is 15.8. The number of rotatable bonds is 4. The van der Waals surface area contributed by atoms with E-state index in [1.807, 2.05) is 48.5 Å². The minimum absolute atomic E-state index is 0.0317. The molecule has 1 amide bonds. The maximum absolute atomic E-state index is 12.3. The minimum Gasteiger partial charge on any atom is -0.349 e. The maximum Gasteiger partial charge on any atom is 0.224 e. The number of aromatic nitrogens is 1. The second-order valence-electron chi connectivity index (χ2n) is 5.76. The van der Waals surface area contributed by atoms with Crippen LogP contribution in [0.5, 0.6) is 0 Å². The highest BCUT2D eigenvalue weighted by atomic mass is 35.5. The summed E-state index contributed by atoms with van der Waals surface area (Å²) in [5.74, 6) is 0.373. The van der Waals surface area contributed by atoms with E-state index in [2.05, 4.69) is 10.3 Å². The van der Waals surface area contributed by atoms with Gasteiger partial charge in [-0.1, -0.05) is 41.9 Å². The van der Waals surface area contributed by atoms with Crippen molar-refractivity contribution in [2.75, 3.05) is 0 Å². The number of para-hydroxylation sites is 1. The largest absolute Gasteiger partial charge is 0.349 e. The Morgan fingerprint density at radius 3 is 2.83 bits per heavy atom. The molecule has 1 saturated carbocycles. The highest BCUT2D eigenvalue weighted by molar-refractivity contribution is 7.18. The van der Waals surface area contributed by atoms with Gasteiger partial charge in [-0.05, 0) is 36.1 Å². The molecule has 5 heteroatoms. The average Bonchev–Trinajstić information content (AvgIpc) is 3.24. The molecule has 0 saturated heterocycles. The molecule has 4 rings (SSSR count). The molecule has 1 N–H and O–H groups in total.